The molecule has 3 N–H and O–H groups in total. The molecule has 26 heavy (non-hydrogen) atoms. The predicted octanol–water partition coefficient (Wildman–Crippen LogP) is 4.10. The molecule has 0 amide bonds. The number of nitrogens with two attached hydrogens (primary N) is 1. The first kappa shape index (κ1) is 19.1. The van der Waals surface area contributed by atoms with Gasteiger partial charge in [0.15, 0.2) is 5.78 Å². The van der Waals surface area contributed by atoms with E-state index in [9.17, 15) is 18.3 Å². The van der Waals surface area contributed by atoms with Gasteiger partial charge >= 0.3 is 0 Å². The van der Waals surface area contributed by atoms with Crippen LogP contribution in [0.3, 0.4) is 0 Å². The van der Waals surface area contributed by atoms with Crippen LogP contribution in [-0.4, -0.2) is 19.3 Å². The molecule has 0 fully saturated rings. The minimum atomic E-state index is -3.88. The van der Waals surface area contributed by atoms with Gasteiger partial charge in [-0.1, -0.05) is 6.92 Å². The average Bonchev–Trinajstić information content (AvgIpc) is 2.95. The number of phenolic OH excluding ortho intramolecular Hbond substituents is 1. The molecular weight excluding hydrogens is 490 g/mol. The Hall–Kier alpha value is -1.68. The molecule has 0 saturated heterocycles. The molecule has 0 saturated carbocycles. The summed E-state index contributed by atoms with van der Waals surface area (Å²) in [6.45, 7) is 1.83. The van der Waals surface area contributed by atoms with Crippen molar-refractivity contribution in [3.8, 4) is 5.75 Å². The van der Waals surface area contributed by atoms with Crippen molar-refractivity contribution >= 4 is 58.6 Å². The van der Waals surface area contributed by atoms with Gasteiger partial charge in [0.2, 0.25) is 10.0 Å². The number of benzene rings is 2. The summed E-state index contributed by atoms with van der Waals surface area (Å²) in [7, 11) is -3.88. The molecule has 0 aliphatic carbocycles. The van der Waals surface area contributed by atoms with Crippen LogP contribution in [0.15, 0.2) is 48.6 Å². The van der Waals surface area contributed by atoms with E-state index >= 15 is 0 Å². The minimum Gasteiger partial charge on any atom is -0.506 e. The molecule has 0 spiro atoms. The number of aromatic hydroxyl groups is 1. The van der Waals surface area contributed by atoms with Crippen molar-refractivity contribution < 1.29 is 22.7 Å². The summed E-state index contributed by atoms with van der Waals surface area (Å²) in [5.74, 6) is 0.134. The number of carbonyl (C=O) groups is 1. The predicted molar refractivity (Wildman–Crippen MR) is 104 cm³/mol. The van der Waals surface area contributed by atoms with Gasteiger partial charge in [0.1, 0.15) is 17.1 Å². The van der Waals surface area contributed by atoms with Crippen LogP contribution in [0.25, 0.3) is 11.0 Å². The molecule has 0 unspecified atom stereocenters. The number of aryl methyl sites for hydroxylation is 1. The highest BCUT2D eigenvalue weighted by Gasteiger charge is 2.23. The maximum atomic E-state index is 13.1. The Morgan fingerprint density at radius 1 is 1.19 bits per heavy atom. The van der Waals surface area contributed by atoms with Crippen LogP contribution < -0.4 is 5.14 Å². The lowest BCUT2D eigenvalue weighted by Gasteiger charge is -2.06. The van der Waals surface area contributed by atoms with Crippen LogP contribution in [0.4, 0.5) is 0 Å². The molecule has 0 aliphatic rings. The van der Waals surface area contributed by atoms with Crippen LogP contribution in [0.5, 0.6) is 5.75 Å². The fraction of sp³-hybridized carbons (Fsp3) is 0.118. The van der Waals surface area contributed by atoms with Gasteiger partial charge in [0.05, 0.1) is 19.4 Å². The molecule has 2 aromatic carbocycles. The van der Waals surface area contributed by atoms with E-state index in [1.807, 2.05) is 6.92 Å². The summed E-state index contributed by atoms with van der Waals surface area (Å²) in [6, 6.07) is 7.18. The van der Waals surface area contributed by atoms with E-state index < -0.39 is 10.0 Å². The Morgan fingerprint density at radius 3 is 2.35 bits per heavy atom. The lowest BCUT2D eigenvalue weighted by Crippen LogP contribution is -2.11. The van der Waals surface area contributed by atoms with Crippen molar-refractivity contribution in [2.45, 2.75) is 18.2 Å². The highest BCUT2D eigenvalue weighted by atomic mass is 79.9. The Labute approximate surface area is 166 Å². The second-order valence-electron chi connectivity index (χ2n) is 5.57. The van der Waals surface area contributed by atoms with E-state index in [-0.39, 0.29) is 22.0 Å². The van der Waals surface area contributed by atoms with Crippen LogP contribution >= 0.6 is 31.9 Å². The molecule has 0 radical (unpaired) electrons. The topological polar surface area (TPSA) is 111 Å². The first-order valence-corrected chi connectivity index (χ1v) is 10.6. The Morgan fingerprint density at radius 2 is 1.81 bits per heavy atom. The molecular formula is C17H13Br2NO5S. The van der Waals surface area contributed by atoms with Crippen LogP contribution in [0.2, 0.25) is 0 Å². The summed E-state index contributed by atoms with van der Waals surface area (Å²) in [6.07, 6.45) is 0.445. The zero-order chi connectivity index (χ0) is 19.2. The lowest BCUT2D eigenvalue weighted by molar-refractivity contribution is 0.103. The van der Waals surface area contributed by atoms with Crippen molar-refractivity contribution in [2.75, 3.05) is 0 Å². The van der Waals surface area contributed by atoms with Crippen LogP contribution in [0.1, 0.15) is 28.6 Å². The molecule has 0 atom stereocenters. The van der Waals surface area contributed by atoms with Gasteiger partial charge in [-0.2, -0.15) is 0 Å². The third-order valence-corrected chi connectivity index (χ3v) is 6.01. The van der Waals surface area contributed by atoms with Gasteiger partial charge in [0, 0.05) is 23.4 Å². The van der Waals surface area contributed by atoms with E-state index in [0.29, 0.717) is 37.6 Å². The first-order valence-electron chi connectivity index (χ1n) is 7.44. The normalized spacial score (nSPS) is 11.8. The van der Waals surface area contributed by atoms with Crippen LogP contribution in [-0.2, 0) is 16.4 Å². The maximum Gasteiger partial charge on any atom is 0.238 e. The van der Waals surface area contributed by atoms with Crippen molar-refractivity contribution in [2.24, 2.45) is 5.14 Å². The van der Waals surface area contributed by atoms with Gasteiger partial charge in [-0.15, -0.1) is 0 Å². The molecule has 1 heterocycles. The lowest BCUT2D eigenvalue weighted by atomic mass is 9.99. The molecule has 0 aliphatic heterocycles. The van der Waals surface area contributed by atoms with E-state index in [1.165, 1.54) is 30.3 Å². The molecule has 9 heteroatoms. The molecule has 1 aromatic heterocycles. The number of rotatable bonds is 4. The van der Waals surface area contributed by atoms with E-state index in [0.717, 1.165) is 0 Å². The SMILES string of the molecule is CCc1oc2cc(S(N)(=O)=O)ccc2c1C(=O)c1cc(Br)c(O)c(Br)c1. The molecule has 136 valence electrons. The first-order chi connectivity index (χ1) is 12.1. The van der Waals surface area contributed by atoms with Crippen molar-refractivity contribution in [3.05, 3.63) is 56.2 Å². The summed E-state index contributed by atoms with van der Waals surface area (Å²) >= 11 is 6.42. The van der Waals surface area contributed by atoms with Crippen molar-refractivity contribution in [1.29, 1.82) is 0 Å². The maximum absolute atomic E-state index is 13.1. The summed E-state index contributed by atoms with van der Waals surface area (Å²) in [4.78, 5) is 13.0. The molecule has 3 aromatic rings. The largest absolute Gasteiger partial charge is 0.506 e. The number of hydrogen-bond acceptors (Lipinski definition) is 5. The standard InChI is InChI=1S/C17H13Br2NO5S/c1-2-13-15(16(21)8-5-11(18)17(22)12(19)6-8)10-4-3-9(26(20,23)24)7-14(10)25-13/h3-7,22H,2H2,1H3,(H2,20,23,24). The number of furan rings is 1. The number of sulfonamides is 1. The number of hydrogen-bond donors (Lipinski definition) is 2. The number of fused-ring (bicyclic) bond motifs is 1. The monoisotopic (exact) mass is 501 g/mol. The fourth-order valence-corrected chi connectivity index (χ4v) is 4.36. The Kier molecular flexibility index (Phi) is 5.00. The Balaban J connectivity index is 2.22. The van der Waals surface area contributed by atoms with Gasteiger partial charge in [0.25, 0.3) is 0 Å². The fourth-order valence-electron chi connectivity index (χ4n) is 2.64. The third-order valence-electron chi connectivity index (χ3n) is 3.89. The number of primary sulfonamides is 1. The van der Waals surface area contributed by atoms with Gasteiger partial charge < -0.3 is 9.52 Å². The van der Waals surface area contributed by atoms with Crippen molar-refractivity contribution in [3.63, 3.8) is 0 Å². The quantitative estimate of drug-likeness (QED) is 0.521. The highest BCUT2D eigenvalue weighted by Crippen LogP contribution is 2.36. The molecule has 3 rings (SSSR count). The van der Waals surface area contributed by atoms with Crippen molar-refractivity contribution in [1.82, 2.24) is 0 Å². The summed E-state index contributed by atoms with van der Waals surface area (Å²) in [5, 5.41) is 15.5. The van der Waals surface area contributed by atoms with Gasteiger partial charge in [-0.25, -0.2) is 13.6 Å². The van der Waals surface area contributed by atoms with E-state index in [4.69, 9.17) is 9.56 Å². The number of halogens is 2. The Bertz CT molecular complexity index is 1130. The number of carbonyl (C=O) groups excluding carboxylic acids is 1. The molecule has 0 bridgehead atoms. The second-order valence-corrected chi connectivity index (χ2v) is 8.84. The summed E-state index contributed by atoms with van der Waals surface area (Å²) in [5.41, 5.74) is 0.969. The summed E-state index contributed by atoms with van der Waals surface area (Å²) < 4.78 is 29.5. The minimum absolute atomic E-state index is 0.00730. The zero-order valence-electron chi connectivity index (χ0n) is 13.4. The third kappa shape index (κ3) is 3.32. The average molecular weight is 503 g/mol. The second kappa shape index (κ2) is 6.80. The number of ketones is 1. The van der Waals surface area contributed by atoms with E-state index in [1.54, 1.807) is 0 Å². The van der Waals surface area contributed by atoms with E-state index in [2.05, 4.69) is 31.9 Å². The zero-order valence-corrected chi connectivity index (χ0v) is 17.4. The smallest absolute Gasteiger partial charge is 0.238 e. The van der Waals surface area contributed by atoms with Crippen LogP contribution in [0, 0.1) is 0 Å². The highest BCUT2D eigenvalue weighted by molar-refractivity contribution is 9.11. The number of phenols is 1. The van der Waals surface area contributed by atoms with Gasteiger partial charge in [-0.05, 0) is 56.1 Å². The van der Waals surface area contributed by atoms with Gasteiger partial charge in [-0.3, -0.25) is 4.79 Å². The molecule has 6 nitrogen and oxygen atoms in total.